The lowest BCUT2D eigenvalue weighted by atomic mass is 10.0. The topological polar surface area (TPSA) is 25.2 Å². The maximum atomic E-state index is 13.3. The molecule has 2 rings (SSSR count). The normalized spacial score (nSPS) is 12.6. The van der Waals surface area contributed by atoms with E-state index in [2.05, 4.69) is 12.2 Å². The molecule has 0 saturated heterocycles. The van der Waals surface area contributed by atoms with Crippen molar-refractivity contribution in [2.24, 2.45) is 0 Å². The fraction of sp³-hybridized carbons (Fsp3) is 0.333. The Morgan fingerprint density at radius 3 is 2.78 bits per heavy atom. The van der Waals surface area contributed by atoms with Crippen LogP contribution in [0, 0.1) is 12.7 Å². The second-order valence-electron chi connectivity index (χ2n) is 4.41. The van der Waals surface area contributed by atoms with Gasteiger partial charge >= 0.3 is 0 Å². The fourth-order valence-electron chi connectivity index (χ4n) is 1.97. The summed E-state index contributed by atoms with van der Waals surface area (Å²) in [7, 11) is 0. The standard InChI is InChI=1S/C15H18FNO/c1-3-8-17-15(14-5-4-9-18-14)12-6-7-13(16)11(2)10-12/h4-7,9-10,15,17H,3,8H2,1-2H3. The van der Waals surface area contributed by atoms with E-state index in [1.165, 1.54) is 6.07 Å². The van der Waals surface area contributed by atoms with E-state index in [0.29, 0.717) is 5.56 Å². The van der Waals surface area contributed by atoms with Gasteiger partial charge in [-0.2, -0.15) is 0 Å². The van der Waals surface area contributed by atoms with Crippen molar-refractivity contribution in [1.29, 1.82) is 0 Å². The van der Waals surface area contributed by atoms with Crippen LogP contribution in [0.4, 0.5) is 4.39 Å². The fourth-order valence-corrected chi connectivity index (χ4v) is 1.97. The maximum Gasteiger partial charge on any atom is 0.126 e. The molecule has 2 nitrogen and oxygen atoms in total. The van der Waals surface area contributed by atoms with Crippen LogP contribution in [0.15, 0.2) is 41.0 Å². The Kier molecular flexibility index (Phi) is 4.15. The van der Waals surface area contributed by atoms with E-state index >= 15 is 0 Å². The molecule has 96 valence electrons. The van der Waals surface area contributed by atoms with E-state index in [1.807, 2.05) is 18.2 Å². The summed E-state index contributed by atoms with van der Waals surface area (Å²) in [6.07, 6.45) is 2.70. The molecule has 0 amide bonds. The molecule has 3 heteroatoms. The van der Waals surface area contributed by atoms with E-state index in [1.54, 1.807) is 19.3 Å². The lowest BCUT2D eigenvalue weighted by Gasteiger charge is -2.17. The third kappa shape index (κ3) is 2.79. The molecule has 1 N–H and O–H groups in total. The number of aryl methyl sites for hydroxylation is 1. The van der Waals surface area contributed by atoms with Crippen molar-refractivity contribution in [2.45, 2.75) is 26.3 Å². The minimum atomic E-state index is -0.174. The third-order valence-corrected chi connectivity index (χ3v) is 2.94. The maximum absolute atomic E-state index is 13.3. The van der Waals surface area contributed by atoms with Gasteiger partial charge in [0.05, 0.1) is 12.3 Å². The molecule has 1 unspecified atom stereocenters. The minimum Gasteiger partial charge on any atom is -0.467 e. The van der Waals surface area contributed by atoms with Crippen LogP contribution in [-0.2, 0) is 0 Å². The van der Waals surface area contributed by atoms with Crippen molar-refractivity contribution < 1.29 is 8.81 Å². The lowest BCUT2D eigenvalue weighted by molar-refractivity contribution is 0.446. The van der Waals surface area contributed by atoms with Gasteiger partial charge in [0.15, 0.2) is 0 Å². The van der Waals surface area contributed by atoms with E-state index < -0.39 is 0 Å². The summed E-state index contributed by atoms with van der Waals surface area (Å²) in [6, 6.07) is 8.97. The molecule has 0 aliphatic rings. The Morgan fingerprint density at radius 2 is 2.17 bits per heavy atom. The van der Waals surface area contributed by atoms with Gasteiger partial charge in [0.1, 0.15) is 11.6 Å². The highest BCUT2D eigenvalue weighted by molar-refractivity contribution is 5.31. The Balaban J connectivity index is 2.30. The average Bonchev–Trinajstić information content (AvgIpc) is 2.88. The quantitative estimate of drug-likeness (QED) is 0.869. The van der Waals surface area contributed by atoms with E-state index in [4.69, 9.17) is 4.42 Å². The van der Waals surface area contributed by atoms with Gasteiger partial charge in [-0.3, -0.25) is 0 Å². The predicted octanol–water partition coefficient (Wildman–Crippen LogP) is 3.82. The van der Waals surface area contributed by atoms with E-state index in [9.17, 15) is 4.39 Å². The zero-order valence-electron chi connectivity index (χ0n) is 10.7. The summed E-state index contributed by atoms with van der Waals surface area (Å²) < 4.78 is 18.8. The molecule has 0 radical (unpaired) electrons. The number of halogens is 1. The van der Waals surface area contributed by atoms with Crippen LogP contribution in [0.1, 0.15) is 36.3 Å². The second kappa shape index (κ2) is 5.83. The molecule has 0 saturated carbocycles. The van der Waals surface area contributed by atoms with Crippen LogP contribution in [0.25, 0.3) is 0 Å². The van der Waals surface area contributed by atoms with Crippen molar-refractivity contribution in [3.63, 3.8) is 0 Å². The minimum absolute atomic E-state index is 0.0146. The van der Waals surface area contributed by atoms with E-state index in [0.717, 1.165) is 24.3 Å². The van der Waals surface area contributed by atoms with Crippen molar-refractivity contribution in [3.8, 4) is 0 Å². The molecule has 1 aromatic carbocycles. The smallest absolute Gasteiger partial charge is 0.126 e. The number of hydrogen-bond acceptors (Lipinski definition) is 2. The van der Waals surface area contributed by atoms with Crippen LogP contribution in [0.2, 0.25) is 0 Å². The summed E-state index contributed by atoms with van der Waals surface area (Å²) >= 11 is 0. The first-order chi connectivity index (χ1) is 8.72. The molecule has 18 heavy (non-hydrogen) atoms. The van der Waals surface area contributed by atoms with Crippen LogP contribution < -0.4 is 5.32 Å². The lowest BCUT2D eigenvalue weighted by Crippen LogP contribution is -2.22. The number of nitrogens with one attached hydrogen (secondary N) is 1. The van der Waals surface area contributed by atoms with Crippen molar-refractivity contribution in [3.05, 3.63) is 59.3 Å². The number of hydrogen-bond donors (Lipinski definition) is 1. The zero-order chi connectivity index (χ0) is 13.0. The number of benzene rings is 1. The molecule has 1 atom stereocenters. The van der Waals surface area contributed by atoms with Gasteiger partial charge in [-0.05, 0) is 49.2 Å². The summed E-state index contributed by atoms with van der Waals surface area (Å²) in [5.41, 5.74) is 1.68. The van der Waals surface area contributed by atoms with Crippen LogP contribution in [0.3, 0.4) is 0 Å². The van der Waals surface area contributed by atoms with Crippen LogP contribution in [-0.4, -0.2) is 6.54 Å². The first-order valence-electron chi connectivity index (χ1n) is 6.25. The Labute approximate surface area is 107 Å². The van der Waals surface area contributed by atoms with E-state index in [-0.39, 0.29) is 11.9 Å². The first-order valence-corrected chi connectivity index (χ1v) is 6.25. The molecular formula is C15H18FNO. The monoisotopic (exact) mass is 247 g/mol. The molecule has 1 aromatic heterocycles. The van der Waals surface area contributed by atoms with Gasteiger partial charge in [-0.15, -0.1) is 0 Å². The molecule has 2 aromatic rings. The molecule has 0 bridgehead atoms. The Hall–Kier alpha value is -1.61. The molecular weight excluding hydrogens is 229 g/mol. The van der Waals surface area contributed by atoms with Crippen LogP contribution in [0.5, 0.6) is 0 Å². The highest BCUT2D eigenvalue weighted by Gasteiger charge is 2.16. The van der Waals surface area contributed by atoms with Gasteiger partial charge in [-0.1, -0.05) is 19.1 Å². The second-order valence-corrected chi connectivity index (χ2v) is 4.41. The summed E-state index contributed by atoms with van der Waals surface area (Å²) in [5.74, 6) is 0.682. The SMILES string of the molecule is CCCNC(c1ccc(F)c(C)c1)c1ccco1. The summed E-state index contributed by atoms with van der Waals surface area (Å²) in [5, 5.41) is 3.42. The van der Waals surface area contributed by atoms with Crippen molar-refractivity contribution in [1.82, 2.24) is 5.32 Å². The third-order valence-electron chi connectivity index (χ3n) is 2.94. The van der Waals surface area contributed by atoms with Gasteiger partial charge in [0.2, 0.25) is 0 Å². The van der Waals surface area contributed by atoms with Crippen molar-refractivity contribution >= 4 is 0 Å². The first kappa shape index (κ1) is 12.8. The molecule has 0 fully saturated rings. The van der Waals surface area contributed by atoms with Gasteiger partial charge < -0.3 is 9.73 Å². The predicted molar refractivity (Wildman–Crippen MR) is 70.0 cm³/mol. The highest BCUT2D eigenvalue weighted by atomic mass is 19.1. The van der Waals surface area contributed by atoms with Gasteiger partial charge in [0, 0.05) is 0 Å². The van der Waals surface area contributed by atoms with Gasteiger partial charge in [0.25, 0.3) is 0 Å². The largest absolute Gasteiger partial charge is 0.467 e. The van der Waals surface area contributed by atoms with Crippen LogP contribution >= 0.6 is 0 Å². The average molecular weight is 247 g/mol. The summed E-state index contributed by atoms with van der Waals surface area (Å²) in [4.78, 5) is 0. The highest BCUT2D eigenvalue weighted by Crippen LogP contribution is 2.24. The molecule has 1 heterocycles. The zero-order valence-corrected chi connectivity index (χ0v) is 10.7. The summed E-state index contributed by atoms with van der Waals surface area (Å²) in [6.45, 7) is 4.78. The Morgan fingerprint density at radius 1 is 1.33 bits per heavy atom. The van der Waals surface area contributed by atoms with Gasteiger partial charge in [-0.25, -0.2) is 4.39 Å². The number of rotatable bonds is 5. The number of furan rings is 1. The molecule has 0 aliphatic heterocycles. The Bertz CT molecular complexity index is 493. The molecule has 0 spiro atoms. The molecule has 0 aliphatic carbocycles. The van der Waals surface area contributed by atoms with Crippen molar-refractivity contribution in [2.75, 3.05) is 6.54 Å².